The summed E-state index contributed by atoms with van der Waals surface area (Å²) in [5.74, 6) is 0.433. The molecule has 0 aliphatic heterocycles. The number of alkyl halides is 3. The van der Waals surface area contributed by atoms with Gasteiger partial charge in [0.05, 0.1) is 0 Å². The number of nitrogens with one attached hydrogen (secondary N) is 1. The van der Waals surface area contributed by atoms with Crippen molar-refractivity contribution in [1.29, 1.82) is 0 Å². The van der Waals surface area contributed by atoms with Crippen molar-refractivity contribution in [2.45, 2.75) is 57.7 Å². The zero-order chi connectivity index (χ0) is 15.3. The van der Waals surface area contributed by atoms with E-state index >= 15 is 0 Å². The minimum absolute atomic E-state index is 0.194. The molecule has 1 aromatic carbocycles. The van der Waals surface area contributed by atoms with Crippen LogP contribution in [0.15, 0.2) is 24.3 Å². The van der Waals surface area contributed by atoms with Crippen LogP contribution in [-0.4, -0.2) is 18.8 Å². The summed E-state index contributed by atoms with van der Waals surface area (Å²) in [5.41, 5.74) is 2.73. The lowest BCUT2D eigenvalue weighted by Gasteiger charge is -2.25. The summed E-state index contributed by atoms with van der Waals surface area (Å²) < 4.78 is 37.0. The lowest BCUT2D eigenvalue weighted by Crippen LogP contribution is -2.37. The van der Waals surface area contributed by atoms with E-state index in [9.17, 15) is 13.2 Å². The van der Waals surface area contributed by atoms with E-state index in [4.69, 9.17) is 0 Å². The molecule has 0 saturated carbocycles. The molecule has 0 amide bonds. The van der Waals surface area contributed by atoms with E-state index in [2.05, 4.69) is 24.4 Å². The molecule has 0 bridgehead atoms. The molecule has 0 heterocycles. The van der Waals surface area contributed by atoms with E-state index in [-0.39, 0.29) is 12.5 Å². The summed E-state index contributed by atoms with van der Waals surface area (Å²) in [5, 5.41) is 3.47. The van der Waals surface area contributed by atoms with Crippen LogP contribution in [0, 0.1) is 5.92 Å². The maximum absolute atomic E-state index is 12.3. The Balaban J connectivity index is 1.91. The number of rotatable bonds is 7. The van der Waals surface area contributed by atoms with E-state index in [0.717, 1.165) is 25.8 Å². The Kier molecular flexibility index (Phi) is 5.68. The number of fused-ring (bicyclic) bond motifs is 1. The highest BCUT2D eigenvalue weighted by Gasteiger charge is 2.30. The van der Waals surface area contributed by atoms with Gasteiger partial charge >= 0.3 is 6.18 Å². The van der Waals surface area contributed by atoms with Crippen LogP contribution in [0.25, 0.3) is 0 Å². The molecule has 2 rings (SSSR count). The summed E-state index contributed by atoms with van der Waals surface area (Å²) in [4.78, 5) is 0. The average molecular weight is 299 g/mol. The molecule has 1 aromatic rings. The first kappa shape index (κ1) is 16.3. The average Bonchev–Trinajstić information content (AvgIpc) is 2.85. The molecule has 1 aliphatic rings. The Morgan fingerprint density at radius 2 is 1.81 bits per heavy atom. The van der Waals surface area contributed by atoms with Crippen molar-refractivity contribution in [1.82, 2.24) is 5.32 Å². The van der Waals surface area contributed by atoms with Crippen molar-refractivity contribution in [3.63, 3.8) is 0 Å². The smallest absolute Gasteiger partial charge is 0.314 e. The quantitative estimate of drug-likeness (QED) is 0.781. The highest BCUT2D eigenvalue weighted by atomic mass is 19.4. The van der Waals surface area contributed by atoms with Gasteiger partial charge in [0.15, 0.2) is 0 Å². The normalized spacial score (nSPS) is 17.0. The van der Waals surface area contributed by atoms with Crippen LogP contribution in [0.2, 0.25) is 0 Å². The molecule has 0 saturated heterocycles. The van der Waals surface area contributed by atoms with Gasteiger partial charge in [-0.1, -0.05) is 31.2 Å². The number of benzene rings is 1. The van der Waals surface area contributed by atoms with Gasteiger partial charge in [0, 0.05) is 12.5 Å². The molecule has 21 heavy (non-hydrogen) atoms. The monoisotopic (exact) mass is 299 g/mol. The van der Waals surface area contributed by atoms with Crippen LogP contribution in [0.3, 0.4) is 0 Å². The van der Waals surface area contributed by atoms with Gasteiger partial charge in [0.2, 0.25) is 0 Å². The van der Waals surface area contributed by atoms with E-state index in [1.54, 1.807) is 0 Å². The molecular weight excluding hydrogens is 275 g/mol. The van der Waals surface area contributed by atoms with E-state index in [1.807, 2.05) is 12.1 Å². The molecule has 1 atom stereocenters. The molecule has 1 nitrogen and oxygen atoms in total. The Morgan fingerprint density at radius 3 is 2.33 bits per heavy atom. The minimum Gasteiger partial charge on any atom is -0.314 e. The lowest BCUT2D eigenvalue weighted by molar-refractivity contribution is -0.136. The maximum Gasteiger partial charge on any atom is 0.389 e. The van der Waals surface area contributed by atoms with Crippen LogP contribution < -0.4 is 5.32 Å². The van der Waals surface area contributed by atoms with Gasteiger partial charge in [0.25, 0.3) is 0 Å². The van der Waals surface area contributed by atoms with Gasteiger partial charge in [-0.2, -0.15) is 13.2 Å². The van der Waals surface area contributed by atoms with Crippen molar-refractivity contribution in [2.24, 2.45) is 5.92 Å². The third-order valence-corrected chi connectivity index (χ3v) is 4.28. The molecule has 4 heteroatoms. The number of hydrogen-bond donors (Lipinski definition) is 1. The molecule has 1 N–H and O–H groups in total. The number of halogens is 3. The van der Waals surface area contributed by atoms with Gasteiger partial charge in [-0.25, -0.2) is 0 Å². The third kappa shape index (κ3) is 5.03. The fourth-order valence-corrected chi connectivity index (χ4v) is 3.23. The summed E-state index contributed by atoms with van der Waals surface area (Å²) in [6.45, 7) is 2.96. The molecule has 0 fully saturated rings. The summed E-state index contributed by atoms with van der Waals surface area (Å²) in [6.07, 6.45) is -0.886. The first-order valence-electron chi connectivity index (χ1n) is 7.86. The van der Waals surface area contributed by atoms with Crippen molar-refractivity contribution < 1.29 is 13.2 Å². The minimum atomic E-state index is -4.03. The van der Waals surface area contributed by atoms with E-state index in [0.29, 0.717) is 12.3 Å². The fraction of sp³-hybridized carbons (Fsp3) is 0.647. The van der Waals surface area contributed by atoms with Crippen molar-refractivity contribution in [3.05, 3.63) is 35.4 Å². The van der Waals surface area contributed by atoms with Gasteiger partial charge < -0.3 is 5.32 Å². The molecule has 0 aromatic heterocycles. The lowest BCUT2D eigenvalue weighted by atomic mass is 9.92. The van der Waals surface area contributed by atoms with E-state index < -0.39 is 12.6 Å². The second kappa shape index (κ2) is 7.30. The summed E-state index contributed by atoms with van der Waals surface area (Å²) in [7, 11) is 0. The molecule has 118 valence electrons. The Bertz CT molecular complexity index is 417. The third-order valence-electron chi connectivity index (χ3n) is 4.28. The highest BCUT2D eigenvalue weighted by molar-refractivity contribution is 5.32. The Hall–Kier alpha value is -1.03. The van der Waals surface area contributed by atoms with Gasteiger partial charge in [-0.05, 0) is 55.7 Å². The van der Waals surface area contributed by atoms with Gasteiger partial charge in [-0.3, -0.25) is 0 Å². The van der Waals surface area contributed by atoms with Crippen LogP contribution in [-0.2, 0) is 12.8 Å². The van der Waals surface area contributed by atoms with Crippen LogP contribution in [0.1, 0.15) is 43.7 Å². The highest BCUT2D eigenvalue weighted by Crippen LogP contribution is 2.31. The Labute approximate surface area is 124 Å². The van der Waals surface area contributed by atoms with Gasteiger partial charge in [0.1, 0.15) is 0 Å². The second-order valence-electron chi connectivity index (χ2n) is 6.01. The zero-order valence-corrected chi connectivity index (χ0v) is 12.5. The molecule has 1 aliphatic carbocycles. The maximum atomic E-state index is 12.3. The predicted molar refractivity (Wildman–Crippen MR) is 79.3 cm³/mol. The molecule has 0 spiro atoms. The number of hydrogen-bond acceptors (Lipinski definition) is 1. The second-order valence-corrected chi connectivity index (χ2v) is 6.01. The fourth-order valence-electron chi connectivity index (χ4n) is 3.23. The predicted octanol–water partition coefficient (Wildman–Crippen LogP) is 4.50. The van der Waals surface area contributed by atoms with Crippen molar-refractivity contribution >= 4 is 0 Å². The largest absolute Gasteiger partial charge is 0.389 e. The first-order chi connectivity index (χ1) is 9.99. The van der Waals surface area contributed by atoms with Crippen LogP contribution in [0.4, 0.5) is 13.2 Å². The van der Waals surface area contributed by atoms with Crippen molar-refractivity contribution in [3.8, 4) is 0 Å². The first-order valence-corrected chi connectivity index (χ1v) is 7.86. The topological polar surface area (TPSA) is 12.0 Å². The zero-order valence-electron chi connectivity index (χ0n) is 12.5. The summed E-state index contributed by atoms with van der Waals surface area (Å²) >= 11 is 0. The van der Waals surface area contributed by atoms with Crippen LogP contribution in [0.5, 0.6) is 0 Å². The molecule has 0 radical (unpaired) electrons. The Morgan fingerprint density at radius 1 is 1.19 bits per heavy atom. The van der Waals surface area contributed by atoms with Crippen LogP contribution >= 0.6 is 0 Å². The summed E-state index contributed by atoms with van der Waals surface area (Å²) in [6, 6.07) is 8.56. The van der Waals surface area contributed by atoms with E-state index in [1.165, 1.54) is 11.1 Å². The molecule has 1 unspecified atom stereocenters. The standard InChI is InChI=1S/C17H24F3N/c1-2-10-21-16(8-5-9-17(18,19)20)15-11-13-6-3-4-7-14(13)12-15/h3-4,6-7,15-16,21H,2,5,8-12H2,1H3. The van der Waals surface area contributed by atoms with Crippen molar-refractivity contribution in [2.75, 3.05) is 6.54 Å². The molecular formula is C17H24F3N. The SMILES string of the molecule is CCCNC(CCCC(F)(F)F)C1Cc2ccccc2C1. The van der Waals surface area contributed by atoms with Gasteiger partial charge in [-0.15, -0.1) is 0 Å².